The van der Waals surface area contributed by atoms with Crippen LogP contribution in [0.2, 0.25) is 0 Å². The first-order chi connectivity index (χ1) is 8.68. The summed E-state index contributed by atoms with van der Waals surface area (Å²) in [6.07, 6.45) is 3.96. The molecule has 2 heterocycles. The Hall–Kier alpha value is -1.70. The zero-order chi connectivity index (χ0) is 13.0. The Kier molecular flexibility index (Phi) is 4.08. The summed E-state index contributed by atoms with van der Waals surface area (Å²) in [5.41, 5.74) is 0. The number of carbonyl (C=O) groups is 2. The standard InChI is InChI=1S/C10H14N4O3S/c15-9(16)7-5-18-6-14(7)10(17)13-2-1-8-11-3-4-12-8/h3-4,7H,1-2,5-6H2,(H,11,12)(H,13,17)(H,15,16). The number of nitrogens with zero attached hydrogens (tertiary/aromatic N) is 2. The molecule has 7 nitrogen and oxygen atoms in total. The number of thioether (sulfide) groups is 1. The number of carbonyl (C=O) groups excluding carboxylic acids is 1. The molecule has 0 aromatic carbocycles. The van der Waals surface area contributed by atoms with Crippen LogP contribution in [0.3, 0.4) is 0 Å². The lowest BCUT2D eigenvalue weighted by Gasteiger charge is -2.20. The van der Waals surface area contributed by atoms with Crippen molar-refractivity contribution in [2.45, 2.75) is 12.5 Å². The molecule has 1 saturated heterocycles. The summed E-state index contributed by atoms with van der Waals surface area (Å²) < 4.78 is 0. The van der Waals surface area contributed by atoms with Gasteiger partial charge in [-0.15, -0.1) is 11.8 Å². The molecule has 2 amide bonds. The number of H-pyrrole nitrogens is 1. The predicted molar refractivity (Wildman–Crippen MR) is 66.3 cm³/mol. The van der Waals surface area contributed by atoms with E-state index >= 15 is 0 Å². The lowest BCUT2D eigenvalue weighted by Crippen LogP contribution is -2.47. The van der Waals surface area contributed by atoms with Crippen LogP contribution in [0.15, 0.2) is 12.4 Å². The van der Waals surface area contributed by atoms with Crippen LogP contribution in [-0.2, 0) is 11.2 Å². The fourth-order valence-corrected chi connectivity index (χ4v) is 2.82. The Morgan fingerprint density at radius 3 is 3.17 bits per heavy atom. The summed E-state index contributed by atoms with van der Waals surface area (Å²) in [6.45, 7) is 0.430. The van der Waals surface area contributed by atoms with Crippen LogP contribution in [0.4, 0.5) is 4.79 Å². The summed E-state index contributed by atoms with van der Waals surface area (Å²) in [7, 11) is 0. The minimum absolute atomic E-state index is 0.334. The highest BCUT2D eigenvalue weighted by Crippen LogP contribution is 2.20. The molecular weight excluding hydrogens is 256 g/mol. The maximum Gasteiger partial charge on any atom is 0.327 e. The number of nitrogens with one attached hydrogen (secondary N) is 2. The zero-order valence-electron chi connectivity index (χ0n) is 9.63. The third-order valence-electron chi connectivity index (χ3n) is 2.62. The van der Waals surface area contributed by atoms with E-state index in [1.54, 1.807) is 12.4 Å². The lowest BCUT2D eigenvalue weighted by molar-refractivity contribution is -0.140. The van der Waals surface area contributed by atoms with Gasteiger partial charge in [-0.1, -0.05) is 0 Å². The van der Waals surface area contributed by atoms with Crippen molar-refractivity contribution in [3.05, 3.63) is 18.2 Å². The molecule has 1 aliphatic heterocycles. The van der Waals surface area contributed by atoms with Crippen LogP contribution in [-0.4, -0.2) is 56.2 Å². The van der Waals surface area contributed by atoms with Crippen molar-refractivity contribution in [2.24, 2.45) is 0 Å². The number of aromatic amines is 1. The monoisotopic (exact) mass is 270 g/mol. The molecular formula is C10H14N4O3S. The van der Waals surface area contributed by atoms with Gasteiger partial charge in [-0.05, 0) is 0 Å². The van der Waals surface area contributed by atoms with Gasteiger partial charge in [0, 0.05) is 31.1 Å². The predicted octanol–water partition coefficient (Wildman–Crippen LogP) is 0.121. The van der Waals surface area contributed by atoms with E-state index in [1.165, 1.54) is 16.7 Å². The largest absolute Gasteiger partial charge is 0.480 e. The highest BCUT2D eigenvalue weighted by atomic mass is 32.2. The van der Waals surface area contributed by atoms with Crippen molar-refractivity contribution >= 4 is 23.8 Å². The van der Waals surface area contributed by atoms with Gasteiger partial charge >= 0.3 is 12.0 Å². The second-order valence-corrected chi connectivity index (χ2v) is 4.84. The number of hydrogen-bond acceptors (Lipinski definition) is 4. The minimum atomic E-state index is -0.957. The number of urea groups is 1. The zero-order valence-corrected chi connectivity index (χ0v) is 10.4. The molecule has 18 heavy (non-hydrogen) atoms. The first-order valence-corrected chi connectivity index (χ1v) is 6.67. The fourth-order valence-electron chi connectivity index (χ4n) is 1.67. The molecule has 0 spiro atoms. The number of carboxylic acids is 1. The number of carboxylic acid groups (broad SMARTS) is 1. The first-order valence-electron chi connectivity index (χ1n) is 5.52. The molecule has 1 atom stereocenters. The number of aliphatic carboxylic acids is 1. The Balaban J connectivity index is 1.79. The molecule has 1 unspecified atom stereocenters. The highest BCUT2D eigenvalue weighted by Gasteiger charge is 2.34. The van der Waals surface area contributed by atoms with E-state index in [2.05, 4.69) is 15.3 Å². The molecule has 0 radical (unpaired) electrons. The van der Waals surface area contributed by atoms with Crippen LogP contribution >= 0.6 is 11.8 Å². The number of aromatic nitrogens is 2. The summed E-state index contributed by atoms with van der Waals surface area (Å²) in [5.74, 6) is 0.701. The fraction of sp³-hybridized carbons (Fsp3) is 0.500. The molecule has 1 aromatic heterocycles. The van der Waals surface area contributed by atoms with Crippen molar-refractivity contribution in [1.82, 2.24) is 20.2 Å². The number of hydrogen-bond donors (Lipinski definition) is 3. The maximum atomic E-state index is 11.8. The van der Waals surface area contributed by atoms with Gasteiger partial charge in [-0.25, -0.2) is 14.6 Å². The molecule has 1 aliphatic rings. The van der Waals surface area contributed by atoms with E-state index in [9.17, 15) is 9.59 Å². The van der Waals surface area contributed by atoms with Gasteiger partial charge in [-0.3, -0.25) is 0 Å². The lowest BCUT2D eigenvalue weighted by atomic mass is 10.3. The second kappa shape index (κ2) is 5.76. The average Bonchev–Trinajstić information content (AvgIpc) is 2.99. The first kappa shape index (κ1) is 12.7. The summed E-state index contributed by atoms with van der Waals surface area (Å²) in [6, 6.07) is -1.06. The van der Waals surface area contributed by atoms with Crippen molar-refractivity contribution in [1.29, 1.82) is 0 Å². The maximum absolute atomic E-state index is 11.8. The van der Waals surface area contributed by atoms with Gasteiger partial charge in [0.05, 0.1) is 5.88 Å². The minimum Gasteiger partial charge on any atom is -0.480 e. The van der Waals surface area contributed by atoms with Crippen LogP contribution in [0.5, 0.6) is 0 Å². The van der Waals surface area contributed by atoms with Gasteiger partial charge in [0.25, 0.3) is 0 Å². The Bertz CT molecular complexity index is 423. The summed E-state index contributed by atoms with van der Waals surface area (Å²) in [4.78, 5) is 31.0. The number of rotatable bonds is 4. The average molecular weight is 270 g/mol. The number of imidazole rings is 1. The normalized spacial score (nSPS) is 18.9. The molecule has 8 heteroatoms. The molecule has 2 rings (SSSR count). The van der Waals surface area contributed by atoms with E-state index in [0.717, 1.165) is 5.82 Å². The van der Waals surface area contributed by atoms with E-state index in [0.29, 0.717) is 24.6 Å². The van der Waals surface area contributed by atoms with Crippen molar-refractivity contribution < 1.29 is 14.7 Å². The summed E-state index contributed by atoms with van der Waals surface area (Å²) in [5, 5.41) is 11.7. The SMILES string of the molecule is O=C(O)C1CSCN1C(=O)NCCc1ncc[nH]1. The third-order valence-corrected chi connectivity index (χ3v) is 3.63. The summed E-state index contributed by atoms with van der Waals surface area (Å²) >= 11 is 1.44. The van der Waals surface area contributed by atoms with Crippen LogP contribution in [0.25, 0.3) is 0 Å². The molecule has 0 saturated carbocycles. The number of amides is 2. The van der Waals surface area contributed by atoms with Crippen molar-refractivity contribution in [3.8, 4) is 0 Å². The Labute approximate surface area is 108 Å². The highest BCUT2D eigenvalue weighted by molar-refractivity contribution is 7.99. The van der Waals surface area contributed by atoms with Crippen molar-refractivity contribution in [3.63, 3.8) is 0 Å². The molecule has 1 fully saturated rings. The van der Waals surface area contributed by atoms with E-state index < -0.39 is 12.0 Å². The molecule has 3 N–H and O–H groups in total. The van der Waals surface area contributed by atoms with Gasteiger partial charge < -0.3 is 20.3 Å². The Morgan fingerprint density at radius 1 is 1.67 bits per heavy atom. The smallest absolute Gasteiger partial charge is 0.327 e. The molecule has 98 valence electrons. The van der Waals surface area contributed by atoms with Gasteiger partial charge in [0.2, 0.25) is 0 Å². The molecule has 0 aliphatic carbocycles. The molecule has 1 aromatic rings. The van der Waals surface area contributed by atoms with E-state index in [4.69, 9.17) is 5.11 Å². The van der Waals surface area contributed by atoms with Crippen LogP contribution in [0, 0.1) is 0 Å². The van der Waals surface area contributed by atoms with E-state index in [1.807, 2.05) is 0 Å². The quantitative estimate of drug-likeness (QED) is 0.722. The Morgan fingerprint density at radius 2 is 2.50 bits per heavy atom. The third kappa shape index (κ3) is 2.95. The van der Waals surface area contributed by atoms with Crippen LogP contribution < -0.4 is 5.32 Å². The van der Waals surface area contributed by atoms with E-state index in [-0.39, 0.29) is 6.03 Å². The molecule has 0 bridgehead atoms. The van der Waals surface area contributed by atoms with Gasteiger partial charge in [0.1, 0.15) is 11.9 Å². The van der Waals surface area contributed by atoms with Gasteiger partial charge in [-0.2, -0.15) is 0 Å². The van der Waals surface area contributed by atoms with Crippen LogP contribution in [0.1, 0.15) is 5.82 Å². The van der Waals surface area contributed by atoms with Crippen molar-refractivity contribution in [2.75, 3.05) is 18.2 Å². The second-order valence-electron chi connectivity index (χ2n) is 3.84. The van der Waals surface area contributed by atoms with Gasteiger partial charge in [0.15, 0.2) is 0 Å². The topological polar surface area (TPSA) is 98.3 Å².